The Balaban J connectivity index is 1.67. The second-order valence-corrected chi connectivity index (χ2v) is 8.38. The van der Waals surface area contributed by atoms with Crippen LogP contribution in [0.3, 0.4) is 0 Å². The van der Waals surface area contributed by atoms with Gasteiger partial charge in [0.15, 0.2) is 6.61 Å². The fraction of sp³-hybridized carbons (Fsp3) is 0.636. The first-order chi connectivity index (χ1) is 14.4. The minimum Gasteiger partial charge on any atom is -0.452 e. The zero-order valence-electron chi connectivity index (χ0n) is 17.8. The normalized spacial score (nSPS) is 21.9. The van der Waals surface area contributed by atoms with Crippen LogP contribution in [0.4, 0.5) is 11.4 Å². The molecule has 1 amide bonds. The summed E-state index contributed by atoms with van der Waals surface area (Å²) in [6.07, 6.45) is 6.01. The van der Waals surface area contributed by atoms with E-state index in [0.717, 1.165) is 51.6 Å². The monoisotopic (exact) mass is 417 g/mol. The number of nitrogens with zero attached hydrogens (tertiary/aromatic N) is 3. The lowest BCUT2D eigenvalue weighted by Crippen LogP contribution is -2.45. The van der Waals surface area contributed by atoms with Gasteiger partial charge in [-0.2, -0.15) is 0 Å². The molecule has 0 unspecified atom stereocenters. The Hall–Kier alpha value is -2.64. The average molecular weight is 418 g/mol. The molecule has 3 rings (SSSR count). The van der Waals surface area contributed by atoms with Crippen LogP contribution in [0.2, 0.25) is 0 Å². The minimum absolute atomic E-state index is 0.0917. The lowest BCUT2D eigenvalue weighted by atomic mass is 9.99. The van der Waals surface area contributed by atoms with E-state index in [1.165, 1.54) is 6.07 Å². The topological polar surface area (TPSA) is 93.0 Å². The molecule has 0 radical (unpaired) electrons. The van der Waals surface area contributed by atoms with Crippen molar-refractivity contribution in [3.8, 4) is 0 Å². The molecule has 0 bridgehead atoms. The van der Waals surface area contributed by atoms with E-state index in [1.54, 1.807) is 17.0 Å². The summed E-state index contributed by atoms with van der Waals surface area (Å²) < 4.78 is 5.21. The lowest BCUT2D eigenvalue weighted by molar-refractivity contribution is -0.384. The van der Waals surface area contributed by atoms with Crippen LogP contribution < -0.4 is 4.90 Å². The Bertz CT molecular complexity index is 797. The average Bonchev–Trinajstić information content (AvgIpc) is 2.76. The molecule has 2 aliphatic heterocycles. The molecule has 0 N–H and O–H groups in total. The molecule has 0 spiro atoms. The lowest BCUT2D eigenvalue weighted by Gasteiger charge is -2.35. The second kappa shape index (κ2) is 9.91. The highest BCUT2D eigenvalue weighted by Crippen LogP contribution is 2.32. The summed E-state index contributed by atoms with van der Waals surface area (Å²) in [5.74, 6) is -0.450. The Morgan fingerprint density at radius 1 is 1.20 bits per heavy atom. The molecule has 2 heterocycles. The molecular weight excluding hydrogens is 386 g/mol. The highest BCUT2D eigenvalue weighted by Gasteiger charge is 2.28. The maximum absolute atomic E-state index is 12.5. The number of rotatable bonds is 6. The van der Waals surface area contributed by atoms with E-state index in [9.17, 15) is 19.7 Å². The van der Waals surface area contributed by atoms with E-state index < -0.39 is 10.9 Å². The van der Waals surface area contributed by atoms with Gasteiger partial charge < -0.3 is 14.5 Å². The Kier molecular flexibility index (Phi) is 7.29. The predicted octanol–water partition coefficient (Wildman–Crippen LogP) is 3.78. The van der Waals surface area contributed by atoms with Gasteiger partial charge in [-0.1, -0.05) is 13.8 Å². The van der Waals surface area contributed by atoms with Crippen molar-refractivity contribution >= 4 is 23.3 Å². The van der Waals surface area contributed by atoms with Crippen LogP contribution in [0.5, 0.6) is 0 Å². The zero-order chi connectivity index (χ0) is 21.7. The van der Waals surface area contributed by atoms with Crippen molar-refractivity contribution < 1.29 is 19.2 Å². The number of carbonyl (C=O) groups excluding carboxylic acids is 2. The number of ether oxygens (including phenoxy) is 1. The molecule has 0 saturated carbocycles. The summed E-state index contributed by atoms with van der Waals surface area (Å²) in [6.45, 7) is 6.04. The van der Waals surface area contributed by atoms with Crippen molar-refractivity contribution in [1.82, 2.24) is 4.90 Å². The van der Waals surface area contributed by atoms with Crippen LogP contribution in [0.15, 0.2) is 18.2 Å². The molecule has 8 heteroatoms. The molecule has 1 aromatic carbocycles. The number of hydrogen-bond donors (Lipinski definition) is 0. The van der Waals surface area contributed by atoms with E-state index >= 15 is 0 Å². The number of amides is 1. The van der Waals surface area contributed by atoms with Gasteiger partial charge in [0.25, 0.3) is 11.6 Å². The van der Waals surface area contributed by atoms with Gasteiger partial charge in [-0.3, -0.25) is 14.9 Å². The summed E-state index contributed by atoms with van der Waals surface area (Å²) in [7, 11) is 0. The number of nitro benzene ring substituents is 1. The zero-order valence-corrected chi connectivity index (χ0v) is 17.8. The molecule has 2 aliphatic rings. The van der Waals surface area contributed by atoms with Gasteiger partial charge in [0.05, 0.1) is 10.5 Å². The molecule has 164 valence electrons. The van der Waals surface area contributed by atoms with Crippen LogP contribution in [-0.2, 0) is 9.53 Å². The highest BCUT2D eigenvalue weighted by molar-refractivity contribution is 5.93. The van der Waals surface area contributed by atoms with Crippen molar-refractivity contribution in [2.24, 2.45) is 5.92 Å². The van der Waals surface area contributed by atoms with E-state index in [-0.39, 0.29) is 29.8 Å². The maximum atomic E-state index is 12.5. The van der Waals surface area contributed by atoms with Gasteiger partial charge in [-0.25, -0.2) is 4.79 Å². The predicted molar refractivity (Wildman–Crippen MR) is 114 cm³/mol. The largest absolute Gasteiger partial charge is 0.452 e. The van der Waals surface area contributed by atoms with E-state index in [0.29, 0.717) is 18.2 Å². The number of esters is 1. The highest BCUT2D eigenvalue weighted by atomic mass is 16.6. The van der Waals surface area contributed by atoms with Gasteiger partial charge in [0.1, 0.15) is 5.69 Å². The van der Waals surface area contributed by atoms with Gasteiger partial charge in [-0.05, 0) is 56.6 Å². The first-order valence-corrected chi connectivity index (χ1v) is 10.9. The molecule has 1 aromatic rings. The summed E-state index contributed by atoms with van der Waals surface area (Å²) in [5, 5.41) is 11.6. The number of likely N-dealkylation sites (tertiary alicyclic amines) is 1. The number of nitro groups is 1. The second-order valence-electron chi connectivity index (χ2n) is 8.38. The van der Waals surface area contributed by atoms with Crippen LogP contribution in [0, 0.1) is 16.0 Å². The van der Waals surface area contributed by atoms with Crippen molar-refractivity contribution in [1.29, 1.82) is 0 Å². The molecule has 2 atom stereocenters. The van der Waals surface area contributed by atoms with Crippen LogP contribution in [0.25, 0.3) is 0 Å². The van der Waals surface area contributed by atoms with E-state index in [4.69, 9.17) is 4.74 Å². The Labute approximate surface area is 177 Å². The first-order valence-electron chi connectivity index (χ1n) is 10.9. The van der Waals surface area contributed by atoms with E-state index in [1.807, 2.05) is 11.8 Å². The number of carbonyl (C=O) groups is 2. The van der Waals surface area contributed by atoms with Crippen LogP contribution in [0.1, 0.15) is 62.7 Å². The van der Waals surface area contributed by atoms with Gasteiger partial charge in [0.2, 0.25) is 0 Å². The van der Waals surface area contributed by atoms with Crippen LogP contribution >= 0.6 is 0 Å². The third-order valence-electron chi connectivity index (χ3n) is 6.15. The molecule has 2 saturated heterocycles. The number of benzene rings is 1. The molecule has 0 aromatic heterocycles. The third kappa shape index (κ3) is 5.09. The van der Waals surface area contributed by atoms with Crippen molar-refractivity contribution in [3.63, 3.8) is 0 Å². The number of hydrogen-bond acceptors (Lipinski definition) is 6. The molecule has 0 aliphatic carbocycles. The van der Waals surface area contributed by atoms with Gasteiger partial charge >= 0.3 is 5.97 Å². The molecule has 8 nitrogen and oxygen atoms in total. The summed E-state index contributed by atoms with van der Waals surface area (Å²) in [5.41, 5.74) is 0.513. The number of piperidine rings is 2. The third-order valence-corrected chi connectivity index (χ3v) is 6.15. The fourth-order valence-corrected chi connectivity index (χ4v) is 4.52. The first kappa shape index (κ1) is 22.1. The smallest absolute Gasteiger partial charge is 0.338 e. The maximum Gasteiger partial charge on any atom is 0.338 e. The Morgan fingerprint density at radius 3 is 2.70 bits per heavy atom. The summed E-state index contributed by atoms with van der Waals surface area (Å²) in [4.78, 5) is 39.9. The standard InChI is InChI=1S/C22H31N3O5/c1-3-18-8-4-5-12-24(18)21(26)15-30-22(27)17-9-10-19(20(13-17)25(28)29)23-11-6-7-16(2)14-23/h9-10,13,16,18H,3-8,11-12,14-15H2,1-2H3/t16-,18-/m0/s1. The van der Waals surface area contributed by atoms with E-state index in [2.05, 4.69) is 6.92 Å². The van der Waals surface area contributed by atoms with Gasteiger partial charge in [0, 0.05) is 31.7 Å². The van der Waals surface area contributed by atoms with Crippen LogP contribution in [-0.4, -0.2) is 54.0 Å². The van der Waals surface area contributed by atoms with Crippen molar-refractivity contribution in [2.75, 3.05) is 31.1 Å². The molecule has 30 heavy (non-hydrogen) atoms. The molecular formula is C22H31N3O5. The quantitative estimate of drug-likeness (QED) is 0.397. The SMILES string of the molecule is CC[C@H]1CCCCN1C(=O)COC(=O)c1ccc(N2CCC[C@H](C)C2)c([N+](=O)[O-])c1. The van der Waals surface area contributed by atoms with Crippen molar-refractivity contribution in [2.45, 2.75) is 58.4 Å². The fourth-order valence-electron chi connectivity index (χ4n) is 4.52. The Morgan fingerprint density at radius 2 is 2.00 bits per heavy atom. The number of anilines is 1. The van der Waals surface area contributed by atoms with Crippen molar-refractivity contribution in [3.05, 3.63) is 33.9 Å². The molecule has 2 fully saturated rings. The van der Waals surface area contributed by atoms with Gasteiger partial charge in [-0.15, -0.1) is 0 Å². The minimum atomic E-state index is -0.713. The summed E-state index contributed by atoms with van der Waals surface area (Å²) in [6, 6.07) is 4.62. The summed E-state index contributed by atoms with van der Waals surface area (Å²) >= 11 is 0.